The molecule has 0 amide bonds. The summed E-state index contributed by atoms with van der Waals surface area (Å²) in [5, 5.41) is 0. The SMILES string of the molecule is Cc1cc(C)nc(NS(=O)(=O)c2ccc(-n3c(-c4ccc(N5CCOCC5)cc4)cc4c3CC(C)(C)CC4=O)cc2)n1. The van der Waals surface area contributed by atoms with Gasteiger partial charge in [0.1, 0.15) is 0 Å². The lowest BCUT2D eigenvalue weighted by atomic mass is 9.76. The van der Waals surface area contributed by atoms with E-state index in [1.54, 1.807) is 44.2 Å². The van der Waals surface area contributed by atoms with Gasteiger partial charge in [0, 0.05) is 53.5 Å². The third kappa shape index (κ3) is 5.56. The molecule has 10 heteroatoms. The van der Waals surface area contributed by atoms with Gasteiger partial charge in [0.05, 0.1) is 23.8 Å². The monoisotopic (exact) mass is 585 g/mol. The van der Waals surface area contributed by atoms with Crippen molar-refractivity contribution >= 4 is 27.4 Å². The molecule has 1 aliphatic heterocycles. The van der Waals surface area contributed by atoms with E-state index in [1.807, 2.05) is 6.07 Å². The van der Waals surface area contributed by atoms with Crippen molar-refractivity contribution in [3.8, 4) is 16.9 Å². The fourth-order valence-electron chi connectivity index (χ4n) is 5.91. The normalized spacial score (nSPS) is 16.8. The average molecular weight is 586 g/mol. The standard InChI is InChI=1S/C32H35N5O4S/c1-21-17-22(2)34-31(33-21)35-42(39,40)26-11-9-25(10-12-26)37-28(18-27-29(37)19-32(3,4)20-30(27)38)23-5-7-24(8-6-23)36-13-15-41-16-14-36/h5-12,17-18H,13-16,19-20H2,1-4H3,(H,33,34,35). The van der Waals surface area contributed by atoms with E-state index < -0.39 is 10.0 Å². The van der Waals surface area contributed by atoms with Crippen LogP contribution in [0.3, 0.4) is 0 Å². The van der Waals surface area contributed by atoms with Crippen molar-refractivity contribution in [2.24, 2.45) is 5.41 Å². The van der Waals surface area contributed by atoms with E-state index in [0.29, 0.717) is 31.0 Å². The first kappa shape index (κ1) is 28.1. The van der Waals surface area contributed by atoms with Crippen molar-refractivity contribution in [3.05, 3.63) is 83.3 Å². The molecule has 1 saturated heterocycles. The zero-order chi connectivity index (χ0) is 29.6. The van der Waals surface area contributed by atoms with Gasteiger partial charge in [0.15, 0.2) is 5.78 Å². The van der Waals surface area contributed by atoms with Crippen molar-refractivity contribution in [1.29, 1.82) is 0 Å². The molecule has 2 aliphatic rings. The number of anilines is 2. The lowest BCUT2D eigenvalue weighted by Crippen LogP contribution is -2.36. The minimum Gasteiger partial charge on any atom is -0.378 e. The predicted molar refractivity (Wildman–Crippen MR) is 163 cm³/mol. The smallest absolute Gasteiger partial charge is 0.264 e. The first-order chi connectivity index (χ1) is 20.0. The Morgan fingerprint density at radius 3 is 2.12 bits per heavy atom. The summed E-state index contributed by atoms with van der Waals surface area (Å²) in [5.41, 5.74) is 6.65. The summed E-state index contributed by atoms with van der Waals surface area (Å²) < 4.78 is 36.5. The Kier molecular flexibility index (Phi) is 7.14. The molecule has 42 heavy (non-hydrogen) atoms. The molecular formula is C32H35N5O4S. The molecule has 0 atom stereocenters. The number of nitrogens with one attached hydrogen (secondary N) is 1. The van der Waals surface area contributed by atoms with Crippen LogP contribution in [0.2, 0.25) is 0 Å². The number of rotatable bonds is 6. The number of ether oxygens (including phenoxy) is 1. The molecule has 1 N–H and O–H groups in total. The number of sulfonamides is 1. The number of carbonyl (C=O) groups is 1. The second-order valence-corrected chi connectivity index (χ2v) is 13.6. The van der Waals surface area contributed by atoms with E-state index in [4.69, 9.17) is 4.74 Å². The van der Waals surface area contributed by atoms with Crippen molar-refractivity contribution in [2.45, 2.75) is 45.4 Å². The van der Waals surface area contributed by atoms with Gasteiger partial charge in [0.25, 0.3) is 10.0 Å². The number of aromatic nitrogens is 3. The molecule has 1 aliphatic carbocycles. The van der Waals surface area contributed by atoms with Gasteiger partial charge in [-0.1, -0.05) is 26.0 Å². The highest BCUT2D eigenvalue weighted by molar-refractivity contribution is 7.92. The number of nitrogens with zero attached hydrogens (tertiary/aromatic N) is 4. The summed E-state index contributed by atoms with van der Waals surface area (Å²) in [7, 11) is -3.91. The lowest BCUT2D eigenvalue weighted by Gasteiger charge is -2.30. The Hall–Kier alpha value is -4.02. The number of carbonyl (C=O) groups excluding carboxylic acids is 1. The van der Waals surface area contributed by atoms with E-state index in [9.17, 15) is 13.2 Å². The molecule has 6 rings (SSSR count). The molecule has 0 spiro atoms. The quantitative estimate of drug-likeness (QED) is 0.325. The van der Waals surface area contributed by atoms with Gasteiger partial charge in [-0.25, -0.2) is 23.1 Å². The van der Waals surface area contributed by atoms with Gasteiger partial charge in [-0.15, -0.1) is 0 Å². The molecule has 2 aromatic carbocycles. The van der Waals surface area contributed by atoms with E-state index in [1.165, 1.54) is 0 Å². The number of benzene rings is 2. The highest BCUT2D eigenvalue weighted by Gasteiger charge is 2.35. The van der Waals surface area contributed by atoms with Crippen LogP contribution < -0.4 is 9.62 Å². The molecule has 9 nitrogen and oxygen atoms in total. The fraction of sp³-hybridized carbons (Fsp3) is 0.344. The second-order valence-electron chi connectivity index (χ2n) is 11.9. The maximum atomic E-state index is 13.3. The fourth-order valence-corrected chi connectivity index (χ4v) is 6.85. The molecular weight excluding hydrogens is 550 g/mol. The third-order valence-electron chi connectivity index (χ3n) is 7.84. The number of fused-ring (bicyclic) bond motifs is 1. The van der Waals surface area contributed by atoms with Crippen molar-refractivity contribution in [3.63, 3.8) is 0 Å². The van der Waals surface area contributed by atoms with E-state index in [2.05, 4.69) is 62.3 Å². The summed E-state index contributed by atoms with van der Waals surface area (Å²) in [6, 6.07) is 18.9. The summed E-state index contributed by atoms with van der Waals surface area (Å²) >= 11 is 0. The van der Waals surface area contributed by atoms with Gasteiger partial charge in [-0.05, 0) is 79.8 Å². The number of ketones is 1. The highest BCUT2D eigenvalue weighted by Crippen LogP contribution is 2.40. The van der Waals surface area contributed by atoms with Crippen LogP contribution in [-0.2, 0) is 21.2 Å². The van der Waals surface area contributed by atoms with Crippen molar-refractivity contribution in [2.75, 3.05) is 35.9 Å². The maximum absolute atomic E-state index is 13.3. The van der Waals surface area contributed by atoms with Crippen LogP contribution >= 0.6 is 0 Å². The number of aryl methyl sites for hydroxylation is 2. The van der Waals surface area contributed by atoms with Crippen LogP contribution in [0.4, 0.5) is 11.6 Å². The molecule has 0 radical (unpaired) electrons. The first-order valence-electron chi connectivity index (χ1n) is 14.2. The summed E-state index contributed by atoms with van der Waals surface area (Å²) in [6.07, 6.45) is 1.22. The zero-order valence-corrected chi connectivity index (χ0v) is 25.2. The van der Waals surface area contributed by atoms with Crippen LogP contribution in [0.5, 0.6) is 0 Å². The molecule has 0 saturated carbocycles. The Morgan fingerprint density at radius 2 is 1.48 bits per heavy atom. The Balaban J connectivity index is 1.38. The Morgan fingerprint density at radius 1 is 0.857 bits per heavy atom. The van der Waals surface area contributed by atoms with Crippen molar-refractivity contribution < 1.29 is 17.9 Å². The molecule has 218 valence electrons. The van der Waals surface area contributed by atoms with Gasteiger partial charge in [0.2, 0.25) is 5.95 Å². The largest absolute Gasteiger partial charge is 0.378 e. The minimum atomic E-state index is -3.91. The van der Waals surface area contributed by atoms with Crippen LogP contribution in [0.25, 0.3) is 16.9 Å². The molecule has 1 fully saturated rings. The number of hydrogen-bond acceptors (Lipinski definition) is 7. The summed E-state index contributed by atoms with van der Waals surface area (Å²) in [4.78, 5) is 24.1. The third-order valence-corrected chi connectivity index (χ3v) is 9.18. The van der Waals surface area contributed by atoms with Gasteiger partial charge in [-0.2, -0.15) is 0 Å². The second kappa shape index (κ2) is 10.7. The topological polar surface area (TPSA) is 106 Å². The number of morpholine rings is 1. The van der Waals surface area contributed by atoms with Crippen LogP contribution in [0, 0.1) is 19.3 Å². The minimum absolute atomic E-state index is 0.0413. The van der Waals surface area contributed by atoms with E-state index in [-0.39, 0.29) is 22.0 Å². The number of hydrogen-bond donors (Lipinski definition) is 1. The van der Waals surface area contributed by atoms with E-state index in [0.717, 1.165) is 53.4 Å². The van der Waals surface area contributed by atoms with Crippen LogP contribution in [-0.4, -0.2) is 55.0 Å². The molecule has 3 heterocycles. The molecule has 4 aromatic rings. The maximum Gasteiger partial charge on any atom is 0.264 e. The van der Waals surface area contributed by atoms with Gasteiger partial charge in [-0.3, -0.25) is 4.79 Å². The highest BCUT2D eigenvalue weighted by atomic mass is 32.2. The van der Waals surface area contributed by atoms with Crippen molar-refractivity contribution in [1.82, 2.24) is 14.5 Å². The van der Waals surface area contributed by atoms with Crippen LogP contribution in [0.15, 0.2) is 65.6 Å². The first-order valence-corrected chi connectivity index (χ1v) is 15.6. The molecule has 0 bridgehead atoms. The predicted octanol–water partition coefficient (Wildman–Crippen LogP) is 5.34. The van der Waals surface area contributed by atoms with Gasteiger partial charge < -0.3 is 14.2 Å². The molecule has 2 aromatic heterocycles. The zero-order valence-electron chi connectivity index (χ0n) is 24.3. The van der Waals surface area contributed by atoms with Crippen LogP contribution in [0.1, 0.15) is 47.7 Å². The Bertz CT molecular complexity index is 1730. The van der Waals surface area contributed by atoms with Gasteiger partial charge >= 0.3 is 0 Å². The number of Topliss-reactive ketones (excluding diaryl/α,β-unsaturated/α-hetero) is 1. The summed E-state index contributed by atoms with van der Waals surface area (Å²) in [6.45, 7) is 10.9. The Labute approximate surface area is 246 Å². The molecule has 0 unspecified atom stereocenters. The summed E-state index contributed by atoms with van der Waals surface area (Å²) in [5.74, 6) is 0.169. The lowest BCUT2D eigenvalue weighted by molar-refractivity contribution is 0.0911. The van der Waals surface area contributed by atoms with E-state index >= 15 is 0 Å². The average Bonchev–Trinajstić information content (AvgIpc) is 3.31.